The fourth-order valence-corrected chi connectivity index (χ4v) is 1.27. The van der Waals surface area contributed by atoms with Crippen molar-refractivity contribution in [2.45, 2.75) is 6.18 Å². The van der Waals surface area contributed by atoms with Gasteiger partial charge in [0.25, 0.3) is 5.91 Å². The van der Waals surface area contributed by atoms with E-state index in [1.807, 2.05) is 0 Å². The third-order valence-corrected chi connectivity index (χ3v) is 1.92. The number of carbonyl (C=O) groups excluding carboxylic acids is 1. The first kappa shape index (κ1) is 14.9. The Labute approximate surface area is 104 Å². The molecule has 0 aliphatic heterocycles. The number of alkyl halides is 3. The van der Waals surface area contributed by atoms with E-state index in [1.54, 1.807) is 0 Å². The number of aliphatic carboxylic acids is 1. The lowest BCUT2D eigenvalue weighted by Gasteiger charge is -2.21. The fraction of sp³-hybridized carbons (Fsp3) is 0.300. The maximum absolute atomic E-state index is 12.8. The SMILES string of the molecule is O=C(O)CN(CC(F)(F)F)C(=O)c1cccc(F)n1. The van der Waals surface area contributed by atoms with Gasteiger partial charge < -0.3 is 10.0 Å². The van der Waals surface area contributed by atoms with Crippen LogP contribution in [0.3, 0.4) is 0 Å². The summed E-state index contributed by atoms with van der Waals surface area (Å²) >= 11 is 0. The molecule has 0 saturated heterocycles. The lowest BCUT2D eigenvalue weighted by molar-refractivity contribution is -0.149. The highest BCUT2D eigenvalue weighted by atomic mass is 19.4. The molecular formula is C10H8F4N2O3. The number of hydrogen-bond donors (Lipinski definition) is 1. The van der Waals surface area contributed by atoms with Gasteiger partial charge >= 0.3 is 12.1 Å². The Morgan fingerprint density at radius 1 is 1.32 bits per heavy atom. The van der Waals surface area contributed by atoms with Crippen LogP contribution in [0.2, 0.25) is 0 Å². The predicted octanol–water partition coefficient (Wildman–Crippen LogP) is 1.31. The summed E-state index contributed by atoms with van der Waals surface area (Å²) in [5.41, 5.74) is -0.592. The second-order valence-electron chi connectivity index (χ2n) is 3.52. The zero-order valence-corrected chi connectivity index (χ0v) is 9.32. The Morgan fingerprint density at radius 2 is 1.95 bits per heavy atom. The molecule has 19 heavy (non-hydrogen) atoms. The standard InChI is InChI=1S/C10H8F4N2O3/c11-7-3-1-2-6(15-7)9(19)16(4-8(17)18)5-10(12,13)14/h1-3H,4-5H2,(H,17,18). The summed E-state index contributed by atoms with van der Waals surface area (Å²) in [6, 6.07) is 2.99. The van der Waals surface area contributed by atoms with Crippen LogP contribution in [0.25, 0.3) is 0 Å². The summed E-state index contributed by atoms with van der Waals surface area (Å²) in [5.74, 6) is -3.97. The van der Waals surface area contributed by atoms with Crippen LogP contribution in [-0.2, 0) is 4.79 Å². The summed E-state index contributed by atoms with van der Waals surface area (Å²) in [5, 5.41) is 8.48. The van der Waals surface area contributed by atoms with Crippen molar-refractivity contribution in [3.63, 3.8) is 0 Å². The molecule has 0 fully saturated rings. The number of rotatable bonds is 4. The minimum atomic E-state index is -4.77. The van der Waals surface area contributed by atoms with Crippen molar-refractivity contribution in [3.8, 4) is 0 Å². The highest BCUT2D eigenvalue weighted by Crippen LogP contribution is 2.17. The van der Waals surface area contributed by atoms with E-state index in [9.17, 15) is 27.2 Å². The summed E-state index contributed by atoms with van der Waals surface area (Å²) in [6.07, 6.45) is -4.77. The number of carboxylic acids is 1. The molecule has 9 heteroatoms. The number of carboxylic acid groups (broad SMARTS) is 1. The number of pyridine rings is 1. The molecule has 0 aliphatic carbocycles. The average molecular weight is 280 g/mol. The predicted molar refractivity (Wildman–Crippen MR) is 53.8 cm³/mol. The molecule has 0 spiro atoms. The van der Waals surface area contributed by atoms with E-state index in [0.717, 1.165) is 18.2 Å². The topological polar surface area (TPSA) is 70.5 Å². The Balaban J connectivity index is 2.97. The average Bonchev–Trinajstić information content (AvgIpc) is 2.24. The molecule has 0 unspecified atom stereocenters. The van der Waals surface area contributed by atoms with Crippen LogP contribution in [-0.4, -0.2) is 46.1 Å². The van der Waals surface area contributed by atoms with Crippen molar-refractivity contribution in [2.75, 3.05) is 13.1 Å². The number of aromatic nitrogens is 1. The lowest BCUT2D eigenvalue weighted by atomic mass is 10.3. The van der Waals surface area contributed by atoms with E-state index < -0.39 is 42.8 Å². The second kappa shape index (κ2) is 5.63. The quantitative estimate of drug-likeness (QED) is 0.667. The van der Waals surface area contributed by atoms with Crippen molar-refractivity contribution < 1.29 is 32.3 Å². The molecule has 0 aliphatic rings. The Hall–Kier alpha value is -2.19. The minimum absolute atomic E-state index is 0.0319. The van der Waals surface area contributed by atoms with E-state index in [1.165, 1.54) is 0 Å². The first-order valence-corrected chi connectivity index (χ1v) is 4.89. The van der Waals surface area contributed by atoms with Crippen molar-refractivity contribution >= 4 is 11.9 Å². The van der Waals surface area contributed by atoms with Gasteiger partial charge in [-0.15, -0.1) is 0 Å². The van der Waals surface area contributed by atoms with Crippen LogP contribution in [0.5, 0.6) is 0 Å². The van der Waals surface area contributed by atoms with Gasteiger partial charge in [0.1, 0.15) is 18.8 Å². The van der Waals surface area contributed by atoms with Gasteiger partial charge in [0.2, 0.25) is 5.95 Å². The molecule has 1 rings (SSSR count). The second-order valence-corrected chi connectivity index (χ2v) is 3.52. The molecule has 5 nitrogen and oxygen atoms in total. The van der Waals surface area contributed by atoms with E-state index in [4.69, 9.17) is 5.11 Å². The maximum atomic E-state index is 12.8. The van der Waals surface area contributed by atoms with Crippen LogP contribution in [0, 0.1) is 5.95 Å². The molecule has 1 amide bonds. The van der Waals surface area contributed by atoms with Crippen LogP contribution in [0.15, 0.2) is 18.2 Å². The molecule has 0 atom stereocenters. The lowest BCUT2D eigenvalue weighted by Crippen LogP contribution is -2.42. The number of hydrogen-bond acceptors (Lipinski definition) is 3. The smallest absolute Gasteiger partial charge is 0.406 e. The van der Waals surface area contributed by atoms with Crippen LogP contribution in [0.1, 0.15) is 10.5 Å². The van der Waals surface area contributed by atoms with Crippen molar-refractivity contribution in [1.29, 1.82) is 0 Å². The van der Waals surface area contributed by atoms with Crippen molar-refractivity contribution in [3.05, 3.63) is 29.8 Å². The van der Waals surface area contributed by atoms with Gasteiger partial charge in [0, 0.05) is 0 Å². The van der Waals surface area contributed by atoms with Crippen molar-refractivity contribution in [1.82, 2.24) is 9.88 Å². The third-order valence-electron chi connectivity index (χ3n) is 1.92. The summed E-state index contributed by atoms with van der Waals surface area (Å²) < 4.78 is 49.5. The zero-order chi connectivity index (χ0) is 14.6. The normalized spacial score (nSPS) is 11.2. The van der Waals surface area contributed by atoms with Gasteiger partial charge in [-0.2, -0.15) is 17.6 Å². The molecule has 0 aromatic carbocycles. The Bertz CT molecular complexity index is 490. The number of carbonyl (C=O) groups is 2. The molecule has 1 heterocycles. The molecule has 0 saturated carbocycles. The maximum Gasteiger partial charge on any atom is 0.406 e. The number of halogens is 4. The Kier molecular flexibility index (Phi) is 4.41. The first-order valence-electron chi connectivity index (χ1n) is 4.89. The number of nitrogens with zero attached hydrogens (tertiary/aromatic N) is 2. The van der Waals surface area contributed by atoms with Gasteiger partial charge in [-0.3, -0.25) is 9.59 Å². The van der Waals surface area contributed by atoms with Gasteiger partial charge in [0.15, 0.2) is 0 Å². The van der Waals surface area contributed by atoms with Crippen molar-refractivity contribution in [2.24, 2.45) is 0 Å². The largest absolute Gasteiger partial charge is 0.480 e. The number of amides is 1. The van der Waals surface area contributed by atoms with Gasteiger partial charge in [-0.25, -0.2) is 4.98 Å². The molecule has 1 aromatic rings. The highest BCUT2D eigenvalue weighted by Gasteiger charge is 2.34. The molecule has 104 valence electrons. The monoisotopic (exact) mass is 280 g/mol. The molecular weight excluding hydrogens is 272 g/mol. The van der Waals surface area contributed by atoms with Crippen LogP contribution < -0.4 is 0 Å². The molecule has 1 aromatic heterocycles. The summed E-state index contributed by atoms with van der Waals surface area (Å²) in [4.78, 5) is 25.2. The van der Waals surface area contributed by atoms with E-state index in [-0.39, 0.29) is 4.90 Å². The van der Waals surface area contributed by atoms with Gasteiger partial charge in [-0.1, -0.05) is 6.07 Å². The van der Waals surface area contributed by atoms with E-state index in [2.05, 4.69) is 4.98 Å². The summed E-state index contributed by atoms with van der Waals surface area (Å²) in [6.45, 7) is -2.91. The Morgan fingerprint density at radius 3 is 2.42 bits per heavy atom. The minimum Gasteiger partial charge on any atom is -0.480 e. The van der Waals surface area contributed by atoms with Crippen LogP contribution >= 0.6 is 0 Å². The first-order chi connectivity index (χ1) is 8.69. The van der Waals surface area contributed by atoms with Crippen LogP contribution in [0.4, 0.5) is 17.6 Å². The third kappa shape index (κ3) is 4.90. The molecule has 1 N–H and O–H groups in total. The zero-order valence-electron chi connectivity index (χ0n) is 9.32. The fourth-order valence-electron chi connectivity index (χ4n) is 1.27. The summed E-state index contributed by atoms with van der Waals surface area (Å²) in [7, 11) is 0. The molecule has 0 bridgehead atoms. The molecule has 0 radical (unpaired) electrons. The highest BCUT2D eigenvalue weighted by molar-refractivity contribution is 5.94. The van der Waals surface area contributed by atoms with Gasteiger partial charge in [-0.05, 0) is 12.1 Å². The van der Waals surface area contributed by atoms with E-state index in [0.29, 0.717) is 0 Å². The van der Waals surface area contributed by atoms with Gasteiger partial charge in [0.05, 0.1) is 0 Å². The van der Waals surface area contributed by atoms with E-state index >= 15 is 0 Å².